The van der Waals surface area contributed by atoms with Gasteiger partial charge >= 0.3 is 5.97 Å². The van der Waals surface area contributed by atoms with E-state index in [4.69, 9.17) is 4.74 Å². The molecule has 1 heterocycles. The molecule has 1 aromatic heterocycles. The lowest BCUT2D eigenvalue weighted by Crippen LogP contribution is -2.24. The number of amides is 1. The van der Waals surface area contributed by atoms with Crippen LogP contribution in [0.3, 0.4) is 0 Å². The maximum atomic E-state index is 13.1. The highest BCUT2D eigenvalue weighted by Crippen LogP contribution is 2.30. The van der Waals surface area contributed by atoms with Gasteiger partial charge in [-0.2, -0.15) is 0 Å². The highest BCUT2D eigenvalue weighted by atomic mass is 32.1. The van der Waals surface area contributed by atoms with Crippen LogP contribution in [0.1, 0.15) is 45.4 Å². The molecule has 0 fully saturated rings. The van der Waals surface area contributed by atoms with Crippen molar-refractivity contribution in [1.29, 1.82) is 0 Å². The van der Waals surface area contributed by atoms with E-state index in [1.807, 2.05) is 87.5 Å². The molecule has 2 N–H and O–H groups in total. The maximum absolute atomic E-state index is 13.1. The SMILES string of the molecule is CCC(Cc1cccc(-c2ccc(OC)c(CNC(=O)c3nc(-c4ccc(C)cc4)sc3C)c2)c1)C(=O)O. The van der Waals surface area contributed by atoms with Crippen molar-refractivity contribution in [1.82, 2.24) is 10.3 Å². The van der Waals surface area contributed by atoms with Crippen LogP contribution in [0, 0.1) is 19.8 Å². The van der Waals surface area contributed by atoms with Crippen LogP contribution in [0.25, 0.3) is 21.7 Å². The number of rotatable bonds is 10. The van der Waals surface area contributed by atoms with Gasteiger partial charge in [-0.3, -0.25) is 9.59 Å². The Morgan fingerprint density at radius 2 is 1.71 bits per heavy atom. The van der Waals surface area contributed by atoms with Crippen molar-refractivity contribution < 1.29 is 19.4 Å². The molecule has 1 unspecified atom stereocenters. The van der Waals surface area contributed by atoms with Crippen LogP contribution in [-0.2, 0) is 17.8 Å². The summed E-state index contributed by atoms with van der Waals surface area (Å²) in [6.07, 6.45) is 1.06. The fraction of sp³-hybridized carbons (Fsp3) is 0.258. The quantitative estimate of drug-likeness (QED) is 0.240. The summed E-state index contributed by atoms with van der Waals surface area (Å²) in [7, 11) is 1.61. The van der Waals surface area contributed by atoms with Crippen molar-refractivity contribution in [3.63, 3.8) is 0 Å². The number of methoxy groups -OCH3 is 1. The summed E-state index contributed by atoms with van der Waals surface area (Å²) in [6, 6.07) is 21.9. The van der Waals surface area contributed by atoms with E-state index in [-0.39, 0.29) is 12.5 Å². The monoisotopic (exact) mass is 528 g/mol. The molecule has 4 rings (SSSR count). The topological polar surface area (TPSA) is 88.5 Å². The van der Waals surface area contributed by atoms with E-state index in [1.54, 1.807) is 7.11 Å². The number of aryl methyl sites for hydroxylation is 2. The zero-order valence-corrected chi connectivity index (χ0v) is 22.9. The highest BCUT2D eigenvalue weighted by Gasteiger charge is 2.18. The highest BCUT2D eigenvalue weighted by molar-refractivity contribution is 7.15. The first kappa shape index (κ1) is 27.1. The van der Waals surface area contributed by atoms with Crippen LogP contribution in [-0.4, -0.2) is 29.1 Å². The molecular weight excluding hydrogens is 496 g/mol. The predicted molar refractivity (Wildman–Crippen MR) is 152 cm³/mol. The first-order valence-corrected chi connectivity index (χ1v) is 13.4. The predicted octanol–water partition coefficient (Wildman–Crippen LogP) is 6.69. The molecule has 0 saturated carbocycles. The minimum absolute atomic E-state index is 0.231. The van der Waals surface area contributed by atoms with E-state index in [9.17, 15) is 14.7 Å². The van der Waals surface area contributed by atoms with E-state index in [2.05, 4.69) is 10.3 Å². The number of benzene rings is 3. The van der Waals surface area contributed by atoms with Gasteiger partial charge in [0.25, 0.3) is 5.91 Å². The number of aliphatic carboxylic acids is 1. The Bertz CT molecular complexity index is 1440. The molecule has 3 aromatic carbocycles. The Labute approximate surface area is 227 Å². The van der Waals surface area contributed by atoms with Crippen molar-refractivity contribution >= 4 is 23.2 Å². The van der Waals surface area contributed by atoms with Gasteiger partial charge in [-0.1, -0.05) is 67.1 Å². The molecule has 0 aliphatic rings. The van der Waals surface area contributed by atoms with Gasteiger partial charge in [-0.15, -0.1) is 11.3 Å². The summed E-state index contributed by atoms with van der Waals surface area (Å²) in [5.41, 5.74) is 6.36. The third-order valence-corrected chi connectivity index (χ3v) is 7.63. The number of nitrogens with zero attached hydrogens (tertiary/aromatic N) is 1. The molecule has 1 atom stereocenters. The van der Waals surface area contributed by atoms with Gasteiger partial charge in [0.15, 0.2) is 0 Å². The Morgan fingerprint density at radius 3 is 2.39 bits per heavy atom. The molecular formula is C31H32N2O4S. The third kappa shape index (κ3) is 6.29. The second kappa shape index (κ2) is 12.0. The van der Waals surface area contributed by atoms with Crippen LogP contribution in [0.4, 0.5) is 0 Å². The number of carbonyl (C=O) groups excluding carboxylic acids is 1. The summed E-state index contributed by atoms with van der Waals surface area (Å²) in [4.78, 5) is 30.0. The molecule has 0 radical (unpaired) electrons. The van der Waals surface area contributed by atoms with Crippen LogP contribution in [0.15, 0.2) is 66.7 Å². The van der Waals surface area contributed by atoms with E-state index < -0.39 is 11.9 Å². The van der Waals surface area contributed by atoms with E-state index >= 15 is 0 Å². The van der Waals surface area contributed by atoms with Gasteiger partial charge in [0.2, 0.25) is 0 Å². The van der Waals surface area contributed by atoms with Gasteiger partial charge < -0.3 is 15.2 Å². The van der Waals surface area contributed by atoms with Gasteiger partial charge in [0, 0.05) is 22.5 Å². The molecule has 0 aliphatic heterocycles. The van der Waals surface area contributed by atoms with Crippen molar-refractivity contribution in [2.75, 3.05) is 7.11 Å². The fourth-order valence-corrected chi connectivity index (χ4v) is 5.27. The van der Waals surface area contributed by atoms with Gasteiger partial charge in [-0.25, -0.2) is 4.98 Å². The van der Waals surface area contributed by atoms with Crippen LogP contribution in [0.5, 0.6) is 5.75 Å². The van der Waals surface area contributed by atoms with Crippen LogP contribution < -0.4 is 10.1 Å². The average molecular weight is 529 g/mol. The first-order chi connectivity index (χ1) is 18.3. The van der Waals surface area contributed by atoms with Crippen LogP contribution >= 0.6 is 11.3 Å². The standard InChI is InChI=1S/C31H32N2O4S/c1-5-22(31(35)36)15-21-7-6-8-24(16-21)25-13-14-27(37-4)26(17-25)18-32-29(34)28-20(3)38-30(33-28)23-11-9-19(2)10-12-23/h6-14,16-17,22H,5,15,18H2,1-4H3,(H,32,34)(H,35,36). The minimum atomic E-state index is -0.776. The number of hydrogen-bond acceptors (Lipinski definition) is 5. The second-order valence-corrected chi connectivity index (χ2v) is 10.6. The summed E-state index contributed by atoms with van der Waals surface area (Å²) < 4.78 is 5.56. The Hall–Kier alpha value is -3.97. The summed E-state index contributed by atoms with van der Waals surface area (Å²) in [5.74, 6) is -0.738. The largest absolute Gasteiger partial charge is 0.496 e. The smallest absolute Gasteiger partial charge is 0.306 e. The molecule has 38 heavy (non-hydrogen) atoms. The number of carboxylic acid groups (broad SMARTS) is 1. The van der Waals surface area contributed by atoms with E-state index in [1.165, 1.54) is 16.9 Å². The molecule has 7 heteroatoms. The van der Waals surface area contributed by atoms with Crippen molar-refractivity contribution in [2.45, 2.75) is 40.2 Å². The Balaban J connectivity index is 1.52. The molecule has 0 bridgehead atoms. The van der Waals surface area contributed by atoms with E-state index in [0.29, 0.717) is 24.3 Å². The van der Waals surface area contributed by atoms with Gasteiger partial charge in [-0.05, 0) is 55.5 Å². The number of ether oxygens (including phenoxy) is 1. The second-order valence-electron chi connectivity index (χ2n) is 9.35. The molecule has 6 nitrogen and oxygen atoms in total. The lowest BCUT2D eigenvalue weighted by atomic mass is 9.94. The minimum Gasteiger partial charge on any atom is -0.496 e. The molecule has 0 aliphatic carbocycles. The summed E-state index contributed by atoms with van der Waals surface area (Å²) >= 11 is 1.51. The molecule has 0 saturated heterocycles. The molecule has 196 valence electrons. The van der Waals surface area contributed by atoms with Gasteiger partial charge in [0.1, 0.15) is 16.5 Å². The van der Waals surface area contributed by atoms with Gasteiger partial charge in [0.05, 0.1) is 13.0 Å². The lowest BCUT2D eigenvalue weighted by molar-refractivity contribution is -0.141. The molecule has 0 spiro atoms. The van der Waals surface area contributed by atoms with Crippen molar-refractivity contribution in [2.24, 2.45) is 5.92 Å². The third-order valence-electron chi connectivity index (χ3n) is 6.61. The first-order valence-electron chi connectivity index (χ1n) is 12.6. The van der Waals surface area contributed by atoms with Crippen molar-refractivity contribution in [3.05, 3.63) is 94.0 Å². The number of nitrogens with one attached hydrogen (secondary N) is 1. The Morgan fingerprint density at radius 1 is 1.00 bits per heavy atom. The molecule has 4 aromatic rings. The number of carboxylic acids is 1. The number of carbonyl (C=O) groups is 2. The summed E-state index contributed by atoms with van der Waals surface area (Å²) in [6.45, 7) is 6.12. The molecule has 1 amide bonds. The lowest BCUT2D eigenvalue weighted by Gasteiger charge is -2.14. The summed E-state index contributed by atoms with van der Waals surface area (Å²) in [5, 5.41) is 13.3. The normalized spacial score (nSPS) is 11.7. The fourth-order valence-electron chi connectivity index (χ4n) is 4.35. The van der Waals surface area contributed by atoms with Crippen molar-refractivity contribution in [3.8, 4) is 27.4 Å². The average Bonchev–Trinajstić information content (AvgIpc) is 3.32. The number of aromatic nitrogens is 1. The zero-order valence-electron chi connectivity index (χ0n) is 22.1. The zero-order chi connectivity index (χ0) is 27.2. The number of hydrogen-bond donors (Lipinski definition) is 2. The Kier molecular flexibility index (Phi) is 8.59. The van der Waals surface area contributed by atoms with E-state index in [0.717, 1.165) is 37.7 Å². The maximum Gasteiger partial charge on any atom is 0.306 e. The van der Waals surface area contributed by atoms with Crippen LogP contribution in [0.2, 0.25) is 0 Å². The number of thiazole rings is 1.